The van der Waals surface area contributed by atoms with E-state index in [0.29, 0.717) is 28.0 Å². The highest BCUT2D eigenvalue weighted by Crippen LogP contribution is 2.26. The molecule has 2 N–H and O–H groups in total. The van der Waals surface area contributed by atoms with Crippen molar-refractivity contribution in [3.8, 4) is 17.1 Å². The first-order valence-corrected chi connectivity index (χ1v) is 11.1. The molecular formula is C18H17FN4O3S2. The number of sulfone groups is 1. The molecule has 3 aromatic rings. The van der Waals surface area contributed by atoms with Crippen molar-refractivity contribution in [1.29, 1.82) is 0 Å². The molecule has 0 spiro atoms. The van der Waals surface area contributed by atoms with Crippen molar-refractivity contribution in [1.82, 2.24) is 14.8 Å². The van der Waals surface area contributed by atoms with Gasteiger partial charge in [0.05, 0.1) is 10.6 Å². The van der Waals surface area contributed by atoms with Crippen LogP contribution in [0.1, 0.15) is 6.42 Å². The van der Waals surface area contributed by atoms with Gasteiger partial charge in [0.25, 0.3) is 0 Å². The molecule has 1 aromatic heterocycles. The van der Waals surface area contributed by atoms with Crippen molar-refractivity contribution in [3.05, 3.63) is 54.3 Å². The quantitative estimate of drug-likeness (QED) is 0.588. The molecule has 0 aliphatic rings. The zero-order valence-electron chi connectivity index (χ0n) is 14.9. The molecule has 2 aromatic carbocycles. The lowest BCUT2D eigenvalue weighted by Crippen LogP contribution is -2.10. The standard InChI is InChI=1S/C18H17FN4O3S2/c1-28(25,26)15-8-6-14(7-9-15)23-17(12-2-4-13(19)5-3-12)21-18(22-23)27-11-10-16(20)24/h2-9H,10-11H2,1H3,(H2,20,24). The summed E-state index contributed by atoms with van der Waals surface area (Å²) in [6.45, 7) is 0. The molecule has 28 heavy (non-hydrogen) atoms. The second-order valence-electron chi connectivity index (χ2n) is 5.97. The van der Waals surface area contributed by atoms with Gasteiger partial charge in [-0.05, 0) is 48.5 Å². The number of hydrogen-bond acceptors (Lipinski definition) is 6. The number of carbonyl (C=O) groups excluding carboxylic acids is 1. The van der Waals surface area contributed by atoms with Crippen LogP contribution in [0, 0.1) is 5.82 Å². The number of hydrogen-bond donors (Lipinski definition) is 1. The van der Waals surface area contributed by atoms with E-state index < -0.39 is 15.7 Å². The monoisotopic (exact) mass is 420 g/mol. The summed E-state index contributed by atoms with van der Waals surface area (Å²) < 4.78 is 38.2. The average Bonchev–Trinajstić information content (AvgIpc) is 3.05. The molecule has 146 valence electrons. The Morgan fingerprint density at radius 2 is 1.79 bits per heavy atom. The highest BCUT2D eigenvalue weighted by atomic mass is 32.2. The van der Waals surface area contributed by atoms with Gasteiger partial charge in [0.1, 0.15) is 5.82 Å². The highest BCUT2D eigenvalue weighted by molar-refractivity contribution is 7.99. The third kappa shape index (κ3) is 4.76. The number of nitrogens with two attached hydrogens (primary N) is 1. The van der Waals surface area contributed by atoms with E-state index in [1.165, 1.54) is 36.0 Å². The fourth-order valence-electron chi connectivity index (χ4n) is 2.40. The lowest BCUT2D eigenvalue weighted by atomic mass is 10.2. The largest absolute Gasteiger partial charge is 0.370 e. The Morgan fingerprint density at radius 1 is 1.14 bits per heavy atom. The van der Waals surface area contributed by atoms with Gasteiger partial charge < -0.3 is 5.73 Å². The van der Waals surface area contributed by atoms with E-state index in [1.807, 2.05) is 0 Å². The Labute approximate surface area is 165 Å². The summed E-state index contributed by atoms with van der Waals surface area (Å²) in [5, 5.41) is 4.87. The first kappa shape index (κ1) is 20.0. The van der Waals surface area contributed by atoms with Gasteiger partial charge >= 0.3 is 0 Å². The van der Waals surface area contributed by atoms with Crippen LogP contribution in [0.3, 0.4) is 0 Å². The van der Waals surface area contributed by atoms with Crippen LogP contribution in [0.15, 0.2) is 58.6 Å². The van der Waals surface area contributed by atoms with Crippen LogP contribution in [-0.2, 0) is 14.6 Å². The van der Waals surface area contributed by atoms with Crippen LogP contribution >= 0.6 is 11.8 Å². The maximum absolute atomic E-state index is 13.3. The number of primary amides is 1. The lowest BCUT2D eigenvalue weighted by molar-refractivity contribution is -0.117. The average molecular weight is 420 g/mol. The Morgan fingerprint density at radius 3 is 2.36 bits per heavy atom. The number of carbonyl (C=O) groups is 1. The molecule has 0 saturated carbocycles. The summed E-state index contributed by atoms with van der Waals surface area (Å²) >= 11 is 1.27. The van der Waals surface area contributed by atoms with E-state index >= 15 is 0 Å². The van der Waals surface area contributed by atoms with Gasteiger partial charge in [-0.3, -0.25) is 4.79 Å². The first-order chi connectivity index (χ1) is 13.2. The minimum absolute atomic E-state index is 0.189. The number of amides is 1. The number of halogens is 1. The van der Waals surface area contributed by atoms with Gasteiger partial charge in [-0.1, -0.05) is 11.8 Å². The van der Waals surface area contributed by atoms with E-state index in [0.717, 1.165) is 6.26 Å². The van der Waals surface area contributed by atoms with E-state index in [-0.39, 0.29) is 17.1 Å². The maximum atomic E-state index is 13.3. The first-order valence-electron chi connectivity index (χ1n) is 8.18. The van der Waals surface area contributed by atoms with Gasteiger partial charge in [-0.2, -0.15) is 0 Å². The number of nitrogens with zero attached hydrogens (tertiary/aromatic N) is 3. The molecular weight excluding hydrogens is 403 g/mol. The molecule has 0 unspecified atom stereocenters. The summed E-state index contributed by atoms with van der Waals surface area (Å²) in [7, 11) is -3.32. The van der Waals surface area contributed by atoms with E-state index in [4.69, 9.17) is 5.73 Å². The van der Waals surface area contributed by atoms with Crippen molar-refractivity contribution in [2.24, 2.45) is 5.73 Å². The SMILES string of the molecule is CS(=O)(=O)c1ccc(-n2nc(SCCC(N)=O)nc2-c2ccc(F)cc2)cc1. The van der Waals surface area contributed by atoms with Crippen molar-refractivity contribution in [3.63, 3.8) is 0 Å². The fourth-order valence-corrected chi connectivity index (χ4v) is 3.80. The fraction of sp³-hybridized carbons (Fsp3) is 0.167. The number of thioether (sulfide) groups is 1. The Kier molecular flexibility index (Phi) is 5.80. The van der Waals surface area contributed by atoms with Gasteiger partial charge in [0.2, 0.25) is 11.1 Å². The minimum Gasteiger partial charge on any atom is -0.370 e. The van der Waals surface area contributed by atoms with Crippen molar-refractivity contribution < 1.29 is 17.6 Å². The van der Waals surface area contributed by atoms with Gasteiger partial charge in [0, 0.05) is 24.0 Å². The molecule has 0 fully saturated rings. The Balaban J connectivity index is 2.01. The van der Waals surface area contributed by atoms with E-state index in [2.05, 4.69) is 10.1 Å². The minimum atomic E-state index is -3.32. The second-order valence-corrected chi connectivity index (χ2v) is 9.05. The zero-order chi connectivity index (χ0) is 20.3. The predicted molar refractivity (Wildman–Crippen MR) is 104 cm³/mol. The van der Waals surface area contributed by atoms with Gasteiger partial charge in [-0.15, -0.1) is 5.10 Å². The van der Waals surface area contributed by atoms with Gasteiger partial charge in [-0.25, -0.2) is 22.5 Å². The number of rotatable bonds is 7. The van der Waals surface area contributed by atoms with Gasteiger partial charge in [0.15, 0.2) is 15.7 Å². The van der Waals surface area contributed by atoms with Crippen LogP contribution in [0.4, 0.5) is 4.39 Å². The summed E-state index contributed by atoms with van der Waals surface area (Å²) in [6, 6.07) is 12.0. The predicted octanol–water partition coefficient (Wildman–Crippen LogP) is 2.44. The molecule has 0 atom stereocenters. The van der Waals surface area contributed by atoms with Crippen LogP contribution in [0.2, 0.25) is 0 Å². The smallest absolute Gasteiger partial charge is 0.218 e. The van der Waals surface area contributed by atoms with Crippen LogP contribution < -0.4 is 5.73 Å². The normalized spacial score (nSPS) is 11.5. The number of aromatic nitrogens is 3. The third-order valence-electron chi connectivity index (χ3n) is 3.78. The molecule has 1 amide bonds. The topological polar surface area (TPSA) is 108 Å². The van der Waals surface area contributed by atoms with Crippen LogP contribution in [0.25, 0.3) is 17.1 Å². The molecule has 1 heterocycles. The second kappa shape index (κ2) is 8.11. The zero-order valence-corrected chi connectivity index (χ0v) is 16.5. The molecule has 0 radical (unpaired) electrons. The summed E-state index contributed by atoms with van der Waals surface area (Å²) in [4.78, 5) is 15.6. The Bertz CT molecular complexity index is 1090. The third-order valence-corrected chi connectivity index (χ3v) is 5.75. The van der Waals surface area contributed by atoms with E-state index in [1.54, 1.807) is 28.9 Å². The molecule has 0 bridgehead atoms. The van der Waals surface area contributed by atoms with Crippen molar-refractivity contribution >= 4 is 27.5 Å². The van der Waals surface area contributed by atoms with Crippen molar-refractivity contribution in [2.75, 3.05) is 12.0 Å². The molecule has 10 heteroatoms. The molecule has 7 nitrogen and oxygen atoms in total. The van der Waals surface area contributed by atoms with Crippen LogP contribution in [-0.4, -0.2) is 41.1 Å². The molecule has 0 aliphatic carbocycles. The summed E-state index contributed by atoms with van der Waals surface area (Å²) in [5.74, 6) is 0.106. The molecule has 0 saturated heterocycles. The van der Waals surface area contributed by atoms with Crippen molar-refractivity contribution in [2.45, 2.75) is 16.5 Å². The Hall–Kier alpha value is -2.72. The van der Waals surface area contributed by atoms with E-state index in [9.17, 15) is 17.6 Å². The maximum Gasteiger partial charge on any atom is 0.218 e. The van der Waals surface area contributed by atoms with Crippen LogP contribution in [0.5, 0.6) is 0 Å². The number of benzene rings is 2. The lowest BCUT2D eigenvalue weighted by Gasteiger charge is -2.07. The summed E-state index contributed by atoms with van der Waals surface area (Å²) in [5.41, 5.74) is 6.39. The molecule has 0 aliphatic heterocycles. The highest BCUT2D eigenvalue weighted by Gasteiger charge is 2.15. The molecule has 3 rings (SSSR count). The summed E-state index contributed by atoms with van der Waals surface area (Å²) in [6.07, 6.45) is 1.32.